The number of carbonyl (C=O) groups excluding carboxylic acids is 1. The van der Waals surface area contributed by atoms with E-state index in [-0.39, 0.29) is 11.5 Å². The summed E-state index contributed by atoms with van der Waals surface area (Å²) in [6.45, 7) is 2.85. The molecule has 7 heteroatoms. The lowest BCUT2D eigenvalue weighted by molar-refractivity contribution is 0.0734. The second-order valence-electron chi connectivity index (χ2n) is 8.88. The summed E-state index contributed by atoms with van der Waals surface area (Å²) < 4.78 is 0. The number of amides is 1. The Morgan fingerprint density at radius 3 is 2.63 bits per heavy atom. The van der Waals surface area contributed by atoms with Crippen LogP contribution in [0, 0.1) is 0 Å². The van der Waals surface area contributed by atoms with Gasteiger partial charge in [-0.2, -0.15) is 0 Å². The van der Waals surface area contributed by atoms with Crippen molar-refractivity contribution in [3.05, 3.63) is 117 Å². The highest BCUT2D eigenvalue weighted by Gasteiger charge is 2.28. The van der Waals surface area contributed by atoms with Gasteiger partial charge < -0.3 is 20.1 Å². The Labute approximate surface area is 203 Å². The molecule has 0 aliphatic carbocycles. The van der Waals surface area contributed by atoms with Crippen molar-refractivity contribution in [2.75, 3.05) is 25.0 Å². The van der Waals surface area contributed by atoms with Crippen LogP contribution in [0.15, 0.2) is 94.5 Å². The quantitative estimate of drug-likeness (QED) is 0.619. The summed E-state index contributed by atoms with van der Waals surface area (Å²) in [6.07, 6.45) is 6.55. The minimum Gasteiger partial charge on any atom is -0.353 e. The number of amidine groups is 1. The van der Waals surface area contributed by atoms with Gasteiger partial charge in [-0.25, -0.2) is 0 Å². The minimum atomic E-state index is -0.127. The average molecular weight is 464 g/mol. The van der Waals surface area contributed by atoms with Crippen LogP contribution in [0.25, 0.3) is 5.70 Å². The molecule has 0 radical (unpaired) electrons. The van der Waals surface area contributed by atoms with Crippen molar-refractivity contribution < 1.29 is 4.79 Å². The molecule has 0 unspecified atom stereocenters. The molecule has 174 valence electrons. The first-order chi connectivity index (χ1) is 17.2. The normalized spacial score (nSPS) is 16.6. The third-order valence-corrected chi connectivity index (χ3v) is 6.68. The van der Waals surface area contributed by atoms with E-state index in [1.165, 1.54) is 11.1 Å². The topological polar surface area (TPSA) is 80.8 Å². The number of aromatic nitrogens is 1. The number of rotatable bonds is 4. The lowest BCUT2D eigenvalue weighted by Crippen LogP contribution is -2.35. The first kappa shape index (κ1) is 21.2. The fraction of sp³-hybridized carbons (Fsp3) is 0.179. The number of carbonyl (C=O) groups is 1. The van der Waals surface area contributed by atoms with Gasteiger partial charge in [0.05, 0.1) is 17.9 Å². The Balaban J connectivity index is 1.19. The molecule has 2 aromatic carbocycles. The molecule has 0 spiro atoms. The Morgan fingerprint density at radius 2 is 1.80 bits per heavy atom. The van der Waals surface area contributed by atoms with Gasteiger partial charge in [0.25, 0.3) is 5.91 Å². The second kappa shape index (κ2) is 8.76. The summed E-state index contributed by atoms with van der Waals surface area (Å²) >= 11 is 0. The molecule has 0 saturated heterocycles. The number of H-pyrrole nitrogens is 1. The number of benzene rings is 2. The third kappa shape index (κ3) is 4.05. The number of aromatic amines is 1. The Hall–Kier alpha value is -4.39. The summed E-state index contributed by atoms with van der Waals surface area (Å²) in [5.41, 5.74) is 6.72. The number of nitrogens with one attached hydrogen (secondary N) is 2. The molecule has 7 nitrogen and oxygen atoms in total. The number of pyridine rings is 1. The van der Waals surface area contributed by atoms with E-state index in [1.54, 1.807) is 12.3 Å². The molecule has 0 atom stereocenters. The lowest BCUT2D eigenvalue weighted by Gasteiger charge is -2.29. The average Bonchev–Trinajstić information content (AvgIpc) is 3.39. The second-order valence-corrected chi connectivity index (χ2v) is 8.88. The Bertz CT molecular complexity index is 1450. The molecule has 0 saturated carbocycles. The number of anilines is 1. The highest BCUT2D eigenvalue weighted by molar-refractivity contribution is 6.08. The van der Waals surface area contributed by atoms with E-state index in [1.807, 2.05) is 53.5 Å². The zero-order chi connectivity index (χ0) is 23.8. The maximum absolute atomic E-state index is 13.1. The zero-order valence-corrected chi connectivity index (χ0v) is 19.2. The molecule has 1 amide bonds. The standard InChI is InChI=1S/C28H25N5O2/c34-26-17-21(11-13-29-26)25-10-9-24(27-30-14-16-33(25)27)31-23-7-5-20(6-8-23)28(35)32-15-12-19-3-1-2-4-22(19)18-32/h1-11,13,17,31H,12,14-16,18H2,(H,29,34). The highest BCUT2D eigenvalue weighted by atomic mass is 16.2. The van der Waals surface area contributed by atoms with Crippen molar-refractivity contribution in [2.24, 2.45) is 4.99 Å². The molecule has 6 rings (SSSR count). The van der Waals surface area contributed by atoms with E-state index in [2.05, 4.69) is 38.4 Å². The molecular weight excluding hydrogens is 438 g/mol. The van der Waals surface area contributed by atoms with Crippen molar-refractivity contribution in [1.82, 2.24) is 14.8 Å². The molecule has 1 aromatic heterocycles. The molecular formula is C28H25N5O2. The molecule has 3 aromatic rings. The SMILES string of the molecule is O=C(c1ccc(NC2=CC=C(c3cc[nH]c(=O)c3)N3CCN=C23)cc1)N1CCc2ccccc2C1. The molecule has 3 aliphatic rings. The van der Waals surface area contributed by atoms with E-state index in [0.29, 0.717) is 18.7 Å². The van der Waals surface area contributed by atoms with Crippen molar-refractivity contribution in [2.45, 2.75) is 13.0 Å². The van der Waals surface area contributed by atoms with Crippen LogP contribution >= 0.6 is 0 Å². The molecule has 4 heterocycles. The lowest BCUT2D eigenvalue weighted by atomic mass is 9.99. The van der Waals surface area contributed by atoms with Gasteiger partial charge in [-0.05, 0) is 60.0 Å². The number of hydrogen-bond donors (Lipinski definition) is 2. The van der Waals surface area contributed by atoms with Gasteiger partial charge in [-0.3, -0.25) is 14.6 Å². The Kier molecular flexibility index (Phi) is 5.29. The smallest absolute Gasteiger partial charge is 0.254 e. The summed E-state index contributed by atoms with van der Waals surface area (Å²) in [6, 6.07) is 19.4. The molecule has 35 heavy (non-hydrogen) atoms. The van der Waals surface area contributed by atoms with Crippen LogP contribution in [0.5, 0.6) is 0 Å². The zero-order valence-electron chi connectivity index (χ0n) is 19.2. The van der Waals surface area contributed by atoms with E-state index in [9.17, 15) is 9.59 Å². The van der Waals surface area contributed by atoms with Gasteiger partial charge in [0.2, 0.25) is 5.56 Å². The summed E-state index contributed by atoms with van der Waals surface area (Å²) in [4.78, 5) is 36.3. The third-order valence-electron chi connectivity index (χ3n) is 6.68. The van der Waals surface area contributed by atoms with Crippen LogP contribution in [0.3, 0.4) is 0 Å². The van der Waals surface area contributed by atoms with E-state index in [4.69, 9.17) is 0 Å². The van der Waals surface area contributed by atoms with Crippen LogP contribution in [0.2, 0.25) is 0 Å². The van der Waals surface area contributed by atoms with Gasteiger partial charge in [-0.15, -0.1) is 0 Å². The fourth-order valence-corrected chi connectivity index (χ4v) is 4.90. The van der Waals surface area contributed by atoms with E-state index < -0.39 is 0 Å². The monoisotopic (exact) mass is 463 g/mol. The van der Waals surface area contributed by atoms with Crippen LogP contribution in [0.4, 0.5) is 5.69 Å². The minimum absolute atomic E-state index is 0.0553. The maximum atomic E-state index is 13.1. The van der Waals surface area contributed by atoms with Crippen molar-refractivity contribution >= 4 is 23.1 Å². The highest BCUT2D eigenvalue weighted by Crippen LogP contribution is 2.29. The van der Waals surface area contributed by atoms with Crippen molar-refractivity contribution in [3.8, 4) is 0 Å². The number of hydrogen-bond acceptors (Lipinski definition) is 5. The Morgan fingerprint density at radius 1 is 0.971 bits per heavy atom. The predicted octanol–water partition coefficient (Wildman–Crippen LogP) is 3.64. The largest absolute Gasteiger partial charge is 0.353 e. The van der Waals surface area contributed by atoms with Crippen LogP contribution in [-0.4, -0.2) is 46.2 Å². The van der Waals surface area contributed by atoms with Crippen LogP contribution in [-0.2, 0) is 13.0 Å². The summed E-state index contributed by atoms with van der Waals surface area (Å²) in [5.74, 6) is 0.912. The van der Waals surface area contributed by atoms with Crippen LogP contribution < -0.4 is 10.9 Å². The maximum Gasteiger partial charge on any atom is 0.254 e. The van der Waals surface area contributed by atoms with Crippen LogP contribution in [0.1, 0.15) is 27.0 Å². The molecule has 3 aliphatic heterocycles. The summed E-state index contributed by atoms with van der Waals surface area (Å²) in [5, 5.41) is 3.45. The van der Waals surface area contributed by atoms with E-state index >= 15 is 0 Å². The first-order valence-electron chi connectivity index (χ1n) is 11.8. The van der Waals surface area contributed by atoms with Gasteiger partial charge in [0, 0.05) is 48.7 Å². The first-order valence-corrected chi connectivity index (χ1v) is 11.8. The number of fused-ring (bicyclic) bond motifs is 2. The van der Waals surface area contributed by atoms with Gasteiger partial charge in [0.15, 0.2) is 5.84 Å². The molecule has 2 N–H and O–H groups in total. The van der Waals surface area contributed by atoms with E-state index in [0.717, 1.165) is 48.0 Å². The van der Waals surface area contributed by atoms with Gasteiger partial charge >= 0.3 is 0 Å². The predicted molar refractivity (Wildman–Crippen MR) is 137 cm³/mol. The van der Waals surface area contributed by atoms with Gasteiger partial charge in [0.1, 0.15) is 0 Å². The van der Waals surface area contributed by atoms with Crippen molar-refractivity contribution in [1.29, 1.82) is 0 Å². The molecule has 0 fully saturated rings. The van der Waals surface area contributed by atoms with Crippen molar-refractivity contribution in [3.63, 3.8) is 0 Å². The number of nitrogens with zero attached hydrogens (tertiary/aromatic N) is 3. The number of allylic oxidation sites excluding steroid dienone is 2. The number of aliphatic imine (C=N–C) groups is 1. The summed E-state index contributed by atoms with van der Waals surface area (Å²) in [7, 11) is 0. The van der Waals surface area contributed by atoms with Gasteiger partial charge in [-0.1, -0.05) is 24.3 Å². The molecule has 0 bridgehead atoms. The fourth-order valence-electron chi connectivity index (χ4n) is 4.90.